The molecule has 1 rings (SSSR count). The van der Waals surface area contributed by atoms with Gasteiger partial charge < -0.3 is 14.4 Å². The summed E-state index contributed by atoms with van der Waals surface area (Å²) in [5, 5.41) is 0. The second-order valence-electron chi connectivity index (χ2n) is 5.82. The van der Waals surface area contributed by atoms with E-state index in [4.69, 9.17) is 16.3 Å². The molecule has 1 fully saturated rings. The van der Waals surface area contributed by atoms with Gasteiger partial charge >= 0.3 is 12.1 Å². The third kappa shape index (κ3) is 5.53. The third-order valence-corrected chi connectivity index (χ3v) is 3.08. The van der Waals surface area contributed by atoms with Crippen molar-refractivity contribution >= 4 is 23.7 Å². The summed E-state index contributed by atoms with van der Waals surface area (Å²) in [6, 6.07) is -0.230. The van der Waals surface area contributed by atoms with Crippen LogP contribution in [-0.2, 0) is 14.3 Å². The molecule has 0 aromatic carbocycles. The average Bonchev–Trinajstić information content (AvgIpc) is 2.29. The molecular weight excluding hydrogens is 289 g/mol. The molecule has 1 aliphatic rings. The number of esters is 1. The number of hydrogen-bond donors (Lipinski definition) is 0. The van der Waals surface area contributed by atoms with Crippen LogP contribution in [0.25, 0.3) is 0 Å². The summed E-state index contributed by atoms with van der Waals surface area (Å²) in [4.78, 5) is 24.4. The van der Waals surface area contributed by atoms with Gasteiger partial charge in [0.1, 0.15) is 11.8 Å². The Hall–Kier alpha value is -1.04. The number of alkyl halides is 2. The Bertz CT molecular complexity index is 359. The monoisotopic (exact) mass is 309 g/mol. The van der Waals surface area contributed by atoms with E-state index in [2.05, 4.69) is 4.74 Å². The van der Waals surface area contributed by atoms with Gasteiger partial charge in [0.2, 0.25) is 0 Å². The Kier molecular flexibility index (Phi) is 6.05. The largest absolute Gasteiger partial charge is 0.449 e. The number of halogens is 2. The SMILES string of the molecule is CC(C)(C)OC(=O)N1CCC(CC(=O)OCCl)C(F)C1. The summed E-state index contributed by atoms with van der Waals surface area (Å²) in [7, 11) is 0. The van der Waals surface area contributed by atoms with Crippen molar-refractivity contribution in [3.8, 4) is 0 Å². The number of nitrogens with zero attached hydrogens (tertiary/aromatic N) is 1. The van der Waals surface area contributed by atoms with E-state index in [0.29, 0.717) is 13.0 Å². The number of rotatable bonds is 3. The van der Waals surface area contributed by atoms with Gasteiger partial charge in [-0.05, 0) is 27.2 Å². The minimum absolute atomic E-state index is 0.0178. The molecule has 0 aromatic rings. The summed E-state index contributed by atoms with van der Waals surface area (Å²) in [5.74, 6) is -0.956. The lowest BCUT2D eigenvalue weighted by Gasteiger charge is -2.35. The van der Waals surface area contributed by atoms with Crippen LogP contribution in [0.1, 0.15) is 33.6 Å². The first-order chi connectivity index (χ1) is 9.23. The first kappa shape index (κ1) is 17.0. The van der Waals surface area contributed by atoms with Crippen molar-refractivity contribution in [1.29, 1.82) is 0 Å². The van der Waals surface area contributed by atoms with Crippen LogP contribution in [0.3, 0.4) is 0 Å². The summed E-state index contributed by atoms with van der Waals surface area (Å²) in [6.45, 7) is 5.58. The van der Waals surface area contributed by atoms with Crippen LogP contribution in [-0.4, -0.2) is 47.9 Å². The van der Waals surface area contributed by atoms with E-state index in [1.807, 2.05) is 0 Å². The Morgan fingerprint density at radius 3 is 2.55 bits per heavy atom. The number of likely N-dealkylation sites (tertiary alicyclic amines) is 1. The molecule has 5 nitrogen and oxygen atoms in total. The van der Waals surface area contributed by atoms with E-state index in [1.165, 1.54) is 4.90 Å². The van der Waals surface area contributed by atoms with Crippen LogP contribution in [0.2, 0.25) is 0 Å². The fraction of sp³-hybridized carbons (Fsp3) is 0.846. The number of ether oxygens (including phenoxy) is 2. The number of amides is 1. The van der Waals surface area contributed by atoms with E-state index in [0.717, 1.165) is 0 Å². The quantitative estimate of drug-likeness (QED) is 0.594. The van der Waals surface area contributed by atoms with Gasteiger partial charge in [0, 0.05) is 12.5 Å². The first-order valence-electron chi connectivity index (χ1n) is 6.56. The predicted molar refractivity (Wildman–Crippen MR) is 72.2 cm³/mol. The van der Waals surface area contributed by atoms with Crippen molar-refractivity contribution in [2.24, 2.45) is 5.92 Å². The minimum Gasteiger partial charge on any atom is -0.449 e. The summed E-state index contributed by atoms with van der Waals surface area (Å²) >= 11 is 5.27. The zero-order chi connectivity index (χ0) is 15.3. The van der Waals surface area contributed by atoms with Gasteiger partial charge in [-0.15, -0.1) is 0 Å². The molecule has 1 saturated heterocycles. The van der Waals surface area contributed by atoms with E-state index in [1.54, 1.807) is 20.8 Å². The molecule has 0 saturated carbocycles. The third-order valence-electron chi connectivity index (χ3n) is 2.97. The summed E-state index contributed by atoms with van der Waals surface area (Å²) in [6.07, 6.45) is -1.41. The standard InChI is InChI=1S/C13H21ClFNO4/c1-13(2,3)20-12(18)16-5-4-9(10(15)7-16)6-11(17)19-8-14/h9-10H,4-8H2,1-3H3. The lowest BCUT2D eigenvalue weighted by Crippen LogP contribution is -2.47. The number of carbonyl (C=O) groups excluding carboxylic acids is 2. The van der Waals surface area contributed by atoms with E-state index < -0.39 is 29.8 Å². The highest BCUT2D eigenvalue weighted by atomic mass is 35.5. The number of carbonyl (C=O) groups is 2. The lowest BCUT2D eigenvalue weighted by molar-refractivity contribution is -0.143. The topological polar surface area (TPSA) is 55.8 Å². The van der Waals surface area contributed by atoms with Gasteiger partial charge in [-0.2, -0.15) is 0 Å². The molecule has 116 valence electrons. The van der Waals surface area contributed by atoms with E-state index >= 15 is 0 Å². The highest BCUT2D eigenvalue weighted by Crippen LogP contribution is 2.25. The van der Waals surface area contributed by atoms with Gasteiger partial charge in [0.25, 0.3) is 0 Å². The molecule has 0 radical (unpaired) electrons. The molecule has 1 heterocycles. The Morgan fingerprint density at radius 2 is 2.05 bits per heavy atom. The summed E-state index contributed by atoms with van der Waals surface area (Å²) in [5.41, 5.74) is -0.607. The smallest absolute Gasteiger partial charge is 0.410 e. The fourth-order valence-electron chi connectivity index (χ4n) is 2.01. The van der Waals surface area contributed by atoms with Crippen molar-refractivity contribution in [3.63, 3.8) is 0 Å². The number of piperidine rings is 1. The van der Waals surface area contributed by atoms with E-state index in [9.17, 15) is 14.0 Å². The first-order valence-corrected chi connectivity index (χ1v) is 7.10. The molecule has 1 amide bonds. The van der Waals surface area contributed by atoms with Gasteiger partial charge in [-0.25, -0.2) is 9.18 Å². The van der Waals surface area contributed by atoms with Crippen molar-refractivity contribution in [1.82, 2.24) is 4.90 Å². The van der Waals surface area contributed by atoms with E-state index in [-0.39, 0.29) is 19.0 Å². The fourth-order valence-corrected chi connectivity index (χ4v) is 2.13. The van der Waals surface area contributed by atoms with Gasteiger partial charge in [0.15, 0.2) is 6.07 Å². The molecule has 20 heavy (non-hydrogen) atoms. The van der Waals surface area contributed by atoms with Gasteiger partial charge in [-0.1, -0.05) is 11.6 Å². The van der Waals surface area contributed by atoms with Crippen LogP contribution in [0, 0.1) is 5.92 Å². The van der Waals surface area contributed by atoms with Gasteiger partial charge in [0.05, 0.1) is 13.0 Å². The number of hydrogen-bond acceptors (Lipinski definition) is 4. The second-order valence-corrected chi connectivity index (χ2v) is 6.04. The second kappa shape index (κ2) is 7.11. The normalized spacial score (nSPS) is 23.4. The molecule has 2 atom stereocenters. The molecule has 2 unspecified atom stereocenters. The molecule has 1 aliphatic heterocycles. The highest BCUT2D eigenvalue weighted by Gasteiger charge is 2.34. The maximum atomic E-state index is 14.0. The zero-order valence-electron chi connectivity index (χ0n) is 12.0. The zero-order valence-corrected chi connectivity index (χ0v) is 12.8. The maximum Gasteiger partial charge on any atom is 0.410 e. The van der Waals surface area contributed by atoms with Gasteiger partial charge in [-0.3, -0.25) is 4.79 Å². The van der Waals surface area contributed by atoms with Crippen LogP contribution in [0.5, 0.6) is 0 Å². The molecular formula is C13H21ClFNO4. The van der Waals surface area contributed by atoms with Crippen molar-refractivity contribution in [3.05, 3.63) is 0 Å². The molecule has 0 N–H and O–H groups in total. The maximum absolute atomic E-state index is 14.0. The van der Waals surface area contributed by atoms with Crippen LogP contribution in [0.4, 0.5) is 9.18 Å². The molecule has 0 spiro atoms. The molecule has 0 bridgehead atoms. The summed E-state index contributed by atoms with van der Waals surface area (Å²) < 4.78 is 23.8. The molecule has 7 heteroatoms. The Morgan fingerprint density at radius 1 is 1.40 bits per heavy atom. The Labute approximate surface area is 123 Å². The van der Waals surface area contributed by atoms with Crippen LogP contribution < -0.4 is 0 Å². The molecule has 0 aromatic heterocycles. The van der Waals surface area contributed by atoms with Crippen molar-refractivity contribution in [2.45, 2.75) is 45.4 Å². The van der Waals surface area contributed by atoms with Crippen molar-refractivity contribution in [2.75, 3.05) is 19.2 Å². The van der Waals surface area contributed by atoms with Crippen LogP contribution >= 0.6 is 11.6 Å². The van der Waals surface area contributed by atoms with Crippen LogP contribution in [0.15, 0.2) is 0 Å². The van der Waals surface area contributed by atoms with Crippen molar-refractivity contribution < 1.29 is 23.5 Å². The average molecular weight is 310 g/mol. The predicted octanol–water partition coefficient (Wildman–Crippen LogP) is 2.71. The molecule has 0 aliphatic carbocycles. The lowest BCUT2D eigenvalue weighted by atomic mass is 9.92. The highest BCUT2D eigenvalue weighted by molar-refractivity contribution is 6.17. The Balaban J connectivity index is 2.46. The minimum atomic E-state index is -1.26.